The number of aromatic nitrogens is 1. The molecule has 0 saturated heterocycles. The van der Waals surface area contributed by atoms with Crippen LogP contribution in [0.25, 0.3) is 10.9 Å². The molecule has 0 spiro atoms. The zero-order valence-electron chi connectivity index (χ0n) is 12.1. The Bertz CT molecular complexity index is 881. The van der Waals surface area contributed by atoms with Crippen LogP contribution >= 0.6 is 0 Å². The number of benzene rings is 2. The molecule has 1 heterocycles. The molecule has 0 amide bonds. The van der Waals surface area contributed by atoms with Gasteiger partial charge in [0, 0.05) is 47.1 Å². The van der Waals surface area contributed by atoms with Crippen molar-refractivity contribution in [3.8, 4) is 0 Å². The minimum absolute atomic E-state index is 0.147. The Morgan fingerprint density at radius 3 is 2.82 bits per heavy atom. The summed E-state index contributed by atoms with van der Waals surface area (Å²) in [5.41, 5.74) is 3.58. The second-order valence-corrected chi connectivity index (χ2v) is 5.25. The van der Waals surface area contributed by atoms with E-state index >= 15 is 0 Å². The minimum Gasteiger partial charge on any atom is -0.343 e. The van der Waals surface area contributed by atoms with E-state index in [-0.39, 0.29) is 10.6 Å². The van der Waals surface area contributed by atoms with Crippen molar-refractivity contribution in [1.82, 2.24) is 4.57 Å². The lowest BCUT2D eigenvalue weighted by molar-refractivity contribution is -0.385. The number of nitrogens with zero attached hydrogens (tertiary/aromatic N) is 2. The van der Waals surface area contributed by atoms with Gasteiger partial charge in [-0.15, -0.1) is 0 Å². The first kappa shape index (κ1) is 14.0. The van der Waals surface area contributed by atoms with Gasteiger partial charge >= 0.3 is 0 Å². The SMILES string of the molecule is Cc1ccc(Cn2ccc3c(C=N)cccc32)cc1[N+](=O)[O-]. The van der Waals surface area contributed by atoms with Crippen LogP contribution < -0.4 is 0 Å². The highest BCUT2D eigenvalue weighted by atomic mass is 16.6. The lowest BCUT2D eigenvalue weighted by Gasteiger charge is -2.07. The molecule has 0 aliphatic rings. The average Bonchev–Trinajstić information content (AvgIpc) is 2.92. The smallest absolute Gasteiger partial charge is 0.272 e. The highest BCUT2D eigenvalue weighted by Gasteiger charge is 2.12. The van der Waals surface area contributed by atoms with Crippen LogP contribution in [0.2, 0.25) is 0 Å². The third-order valence-electron chi connectivity index (χ3n) is 3.83. The van der Waals surface area contributed by atoms with E-state index in [1.165, 1.54) is 6.21 Å². The van der Waals surface area contributed by atoms with Gasteiger partial charge in [-0.25, -0.2) is 0 Å². The molecule has 0 fully saturated rings. The van der Waals surface area contributed by atoms with Crippen LogP contribution in [0.15, 0.2) is 48.7 Å². The number of fused-ring (bicyclic) bond motifs is 1. The molecule has 0 aliphatic heterocycles. The van der Waals surface area contributed by atoms with Crippen molar-refractivity contribution in [2.75, 3.05) is 0 Å². The zero-order chi connectivity index (χ0) is 15.7. The van der Waals surface area contributed by atoms with Gasteiger partial charge in [-0.05, 0) is 24.6 Å². The molecule has 1 aromatic heterocycles. The fourth-order valence-corrected chi connectivity index (χ4v) is 2.66. The number of aryl methyl sites for hydroxylation is 1. The highest BCUT2D eigenvalue weighted by molar-refractivity contribution is 5.97. The van der Waals surface area contributed by atoms with E-state index in [0.29, 0.717) is 12.1 Å². The predicted molar refractivity (Wildman–Crippen MR) is 86.8 cm³/mol. The Morgan fingerprint density at radius 1 is 1.27 bits per heavy atom. The molecule has 22 heavy (non-hydrogen) atoms. The zero-order valence-corrected chi connectivity index (χ0v) is 12.1. The Labute approximate surface area is 127 Å². The van der Waals surface area contributed by atoms with Gasteiger partial charge in [-0.2, -0.15) is 0 Å². The first-order chi connectivity index (χ1) is 10.6. The largest absolute Gasteiger partial charge is 0.343 e. The van der Waals surface area contributed by atoms with E-state index in [9.17, 15) is 10.1 Å². The summed E-state index contributed by atoms with van der Waals surface area (Å²) in [7, 11) is 0. The van der Waals surface area contributed by atoms with Crippen molar-refractivity contribution in [2.24, 2.45) is 0 Å². The Hall–Kier alpha value is -2.95. The van der Waals surface area contributed by atoms with Gasteiger partial charge in [0.1, 0.15) is 0 Å². The van der Waals surface area contributed by atoms with Crippen LogP contribution in [0.3, 0.4) is 0 Å². The van der Waals surface area contributed by atoms with Crippen LogP contribution in [-0.2, 0) is 6.54 Å². The molecule has 3 aromatic rings. The first-order valence-corrected chi connectivity index (χ1v) is 6.92. The van der Waals surface area contributed by atoms with E-state index in [1.807, 2.05) is 41.1 Å². The second-order valence-electron chi connectivity index (χ2n) is 5.25. The van der Waals surface area contributed by atoms with Crippen LogP contribution in [0.1, 0.15) is 16.7 Å². The summed E-state index contributed by atoms with van der Waals surface area (Å²) >= 11 is 0. The molecule has 0 unspecified atom stereocenters. The van der Waals surface area contributed by atoms with Crippen LogP contribution in [0, 0.1) is 22.4 Å². The van der Waals surface area contributed by atoms with Crippen LogP contribution in [-0.4, -0.2) is 15.7 Å². The van der Waals surface area contributed by atoms with Crippen molar-refractivity contribution in [3.63, 3.8) is 0 Å². The molecule has 5 heteroatoms. The molecule has 3 rings (SSSR count). The van der Waals surface area contributed by atoms with E-state index in [4.69, 9.17) is 5.41 Å². The molecular formula is C17H15N3O2. The standard InChI is InChI=1S/C17H15N3O2/c1-12-5-6-13(9-17(12)20(21)22)11-19-8-7-15-14(10-18)3-2-4-16(15)19/h2-10,18H,11H2,1H3. The van der Waals surface area contributed by atoms with E-state index in [0.717, 1.165) is 22.0 Å². The third kappa shape index (κ3) is 2.37. The highest BCUT2D eigenvalue weighted by Crippen LogP contribution is 2.23. The average molecular weight is 293 g/mol. The van der Waals surface area contributed by atoms with Crippen LogP contribution in [0.4, 0.5) is 5.69 Å². The Morgan fingerprint density at radius 2 is 2.09 bits per heavy atom. The van der Waals surface area contributed by atoms with Gasteiger partial charge < -0.3 is 9.98 Å². The summed E-state index contributed by atoms with van der Waals surface area (Å²) in [5.74, 6) is 0. The Kier molecular flexibility index (Phi) is 3.47. The summed E-state index contributed by atoms with van der Waals surface area (Å²) in [4.78, 5) is 10.7. The number of nitro benzene ring substituents is 1. The summed E-state index contributed by atoms with van der Waals surface area (Å²) in [6.45, 7) is 2.30. The van der Waals surface area contributed by atoms with Gasteiger partial charge in [0.05, 0.1) is 4.92 Å². The molecule has 110 valence electrons. The van der Waals surface area contributed by atoms with Gasteiger partial charge in [0.15, 0.2) is 0 Å². The fourth-order valence-electron chi connectivity index (χ4n) is 2.66. The topological polar surface area (TPSA) is 71.9 Å². The predicted octanol–water partition coefficient (Wildman–Crippen LogP) is 3.90. The second kappa shape index (κ2) is 5.44. The van der Waals surface area contributed by atoms with Crippen molar-refractivity contribution < 1.29 is 4.92 Å². The van der Waals surface area contributed by atoms with Crippen molar-refractivity contribution in [3.05, 3.63) is 75.5 Å². The fraction of sp³-hybridized carbons (Fsp3) is 0.118. The number of hydrogen-bond acceptors (Lipinski definition) is 3. The molecular weight excluding hydrogens is 278 g/mol. The molecule has 1 N–H and O–H groups in total. The maximum absolute atomic E-state index is 11.0. The third-order valence-corrected chi connectivity index (χ3v) is 3.83. The van der Waals surface area contributed by atoms with E-state index in [1.54, 1.807) is 19.1 Å². The number of nitrogens with one attached hydrogen (secondary N) is 1. The Balaban J connectivity index is 2.02. The number of rotatable bonds is 4. The lowest BCUT2D eigenvalue weighted by Crippen LogP contribution is -2.00. The summed E-state index contributed by atoms with van der Waals surface area (Å²) < 4.78 is 2.04. The van der Waals surface area contributed by atoms with E-state index in [2.05, 4.69) is 0 Å². The maximum atomic E-state index is 11.0. The molecule has 2 aromatic carbocycles. The van der Waals surface area contributed by atoms with E-state index < -0.39 is 0 Å². The molecule has 0 atom stereocenters. The molecule has 0 aliphatic carbocycles. The molecule has 5 nitrogen and oxygen atoms in total. The summed E-state index contributed by atoms with van der Waals surface area (Å²) in [5, 5.41) is 19.5. The molecule has 0 bridgehead atoms. The first-order valence-electron chi connectivity index (χ1n) is 6.92. The quantitative estimate of drug-likeness (QED) is 0.450. The summed E-state index contributed by atoms with van der Waals surface area (Å²) in [6, 6.07) is 13.1. The molecule has 0 saturated carbocycles. The number of hydrogen-bond donors (Lipinski definition) is 1. The molecule has 0 radical (unpaired) electrons. The van der Waals surface area contributed by atoms with Gasteiger partial charge in [-0.1, -0.05) is 24.3 Å². The van der Waals surface area contributed by atoms with Gasteiger partial charge in [0.25, 0.3) is 5.69 Å². The van der Waals surface area contributed by atoms with Gasteiger partial charge in [-0.3, -0.25) is 10.1 Å². The van der Waals surface area contributed by atoms with Crippen LogP contribution in [0.5, 0.6) is 0 Å². The van der Waals surface area contributed by atoms with Crippen molar-refractivity contribution in [1.29, 1.82) is 5.41 Å². The normalized spacial score (nSPS) is 10.8. The minimum atomic E-state index is -0.347. The maximum Gasteiger partial charge on any atom is 0.272 e. The lowest BCUT2D eigenvalue weighted by atomic mass is 10.1. The summed E-state index contributed by atoms with van der Waals surface area (Å²) in [6.07, 6.45) is 3.28. The van der Waals surface area contributed by atoms with Crippen molar-refractivity contribution in [2.45, 2.75) is 13.5 Å². The monoisotopic (exact) mass is 293 g/mol. The van der Waals surface area contributed by atoms with Crippen molar-refractivity contribution >= 4 is 22.8 Å². The number of nitro groups is 1. The van der Waals surface area contributed by atoms with Gasteiger partial charge in [0.2, 0.25) is 0 Å².